The zero-order valence-corrected chi connectivity index (χ0v) is 11.0. The van der Waals surface area contributed by atoms with Gasteiger partial charge in [0.05, 0.1) is 6.61 Å². The van der Waals surface area contributed by atoms with E-state index in [9.17, 15) is 9.59 Å². The summed E-state index contributed by atoms with van der Waals surface area (Å²) in [7, 11) is 1.65. The van der Waals surface area contributed by atoms with E-state index in [1.165, 1.54) is 5.57 Å². The highest BCUT2D eigenvalue weighted by molar-refractivity contribution is 5.83. The summed E-state index contributed by atoms with van der Waals surface area (Å²) in [4.78, 5) is 24.7. The molecule has 0 radical (unpaired) electrons. The number of ether oxygens (including phenoxy) is 2. The Hall–Kier alpha value is -1.40. The van der Waals surface area contributed by atoms with Gasteiger partial charge in [0.25, 0.3) is 5.91 Å². The maximum absolute atomic E-state index is 12.2. The van der Waals surface area contributed by atoms with Crippen molar-refractivity contribution in [1.29, 1.82) is 0 Å². The Bertz CT molecular complexity index is 392. The minimum Gasteiger partial charge on any atom is -0.479 e. The minimum atomic E-state index is -0.990. The SMILES string of the molecule is COCC1=CCN(C(=O)C2CCC(C(=O)O)O2)CC1. The normalized spacial score (nSPS) is 27.2. The monoisotopic (exact) mass is 269 g/mol. The third kappa shape index (κ3) is 3.33. The molecule has 2 aliphatic heterocycles. The number of carboxylic acids is 1. The average Bonchev–Trinajstić information content (AvgIpc) is 2.89. The lowest BCUT2D eigenvalue weighted by Gasteiger charge is -2.28. The third-order valence-corrected chi connectivity index (χ3v) is 3.52. The quantitative estimate of drug-likeness (QED) is 0.749. The summed E-state index contributed by atoms with van der Waals surface area (Å²) >= 11 is 0. The zero-order valence-electron chi connectivity index (χ0n) is 11.0. The summed E-state index contributed by atoms with van der Waals surface area (Å²) in [6.45, 7) is 1.80. The van der Waals surface area contributed by atoms with E-state index in [-0.39, 0.29) is 5.91 Å². The van der Waals surface area contributed by atoms with Gasteiger partial charge in [0.2, 0.25) is 0 Å². The van der Waals surface area contributed by atoms with Gasteiger partial charge in [-0.05, 0) is 24.8 Å². The lowest BCUT2D eigenvalue weighted by Crippen LogP contribution is -2.42. The highest BCUT2D eigenvalue weighted by Crippen LogP contribution is 2.23. The standard InChI is InChI=1S/C13H19NO5/c1-18-8-9-4-6-14(7-5-9)12(15)10-2-3-11(19-10)13(16)17/h4,10-11H,2-3,5-8H2,1H3,(H,16,17). The number of amides is 1. The van der Waals surface area contributed by atoms with Crippen molar-refractivity contribution in [3.8, 4) is 0 Å². The van der Waals surface area contributed by atoms with E-state index in [1.54, 1.807) is 12.0 Å². The van der Waals surface area contributed by atoms with Crippen LogP contribution < -0.4 is 0 Å². The van der Waals surface area contributed by atoms with Crippen LogP contribution in [0.25, 0.3) is 0 Å². The largest absolute Gasteiger partial charge is 0.479 e. The molecular weight excluding hydrogens is 250 g/mol. The number of rotatable bonds is 4. The molecule has 0 aromatic carbocycles. The Morgan fingerprint density at radius 3 is 2.74 bits per heavy atom. The summed E-state index contributed by atoms with van der Waals surface area (Å²) < 4.78 is 10.3. The minimum absolute atomic E-state index is 0.100. The predicted molar refractivity (Wildman–Crippen MR) is 66.7 cm³/mol. The predicted octanol–water partition coefficient (Wildman–Crippen LogP) is 0.424. The molecule has 1 saturated heterocycles. The Balaban J connectivity index is 1.87. The molecule has 1 amide bonds. The second-order valence-electron chi connectivity index (χ2n) is 4.86. The third-order valence-electron chi connectivity index (χ3n) is 3.52. The molecule has 2 rings (SSSR count). The summed E-state index contributed by atoms with van der Waals surface area (Å²) in [6, 6.07) is 0. The number of hydrogen-bond donors (Lipinski definition) is 1. The molecule has 0 aliphatic carbocycles. The Morgan fingerprint density at radius 2 is 2.21 bits per heavy atom. The van der Waals surface area contributed by atoms with Gasteiger partial charge in [-0.1, -0.05) is 6.08 Å². The van der Waals surface area contributed by atoms with E-state index in [1.807, 2.05) is 6.08 Å². The van der Waals surface area contributed by atoms with Gasteiger partial charge in [0, 0.05) is 20.2 Å². The second-order valence-corrected chi connectivity index (χ2v) is 4.86. The summed E-state index contributed by atoms with van der Waals surface area (Å²) in [5.41, 5.74) is 1.20. The van der Waals surface area contributed by atoms with Crippen molar-refractivity contribution in [3.63, 3.8) is 0 Å². The summed E-state index contributed by atoms with van der Waals surface area (Å²) in [5, 5.41) is 8.84. The lowest BCUT2D eigenvalue weighted by molar-refractivity contribution is -0.154. The molecule has 2 heterocycles. The molecule has 19 heavy (non-hydrogen) atoms. The topological polar surface area (TPSA) is 76.1 Å². The van der Waals surface area contributed by atoms with E-state index < -0.39 is 18.2 Å². The van der Waals surface area contributed by atoms with E-state index in [0.29, 0.717) is 32.5 Å². The number of carbonyl (C=O) groups is 2. The van der Waals surface area contributed by atoms with Crippen molar-refractivity contribution in [2.75, 3.05) is 26.8 Å². The first kappa shape index (κ1) is 14.0. The fourth-order valence-corrected chi connectivity index (χ4v) is 2.43. The first-order valence-corrected chi connectivity index (χ1v) is 6.45. The zero-order chi connectivity index (χ0) is 13.8. The van der Waals surface area contributed by atoms with Crippen LogP contribution in [-0.2, 0) is 19.1 Å². The number of hydrogen-bond acceptors (Lipinski definition) is 4. The van der Waals surface area contributed by atoms with Crippen LogP contribution in [0.2, 0.25) is 0 Å². The van der Waals surface area contributed by atoms with Gasteiger partial charge in [-0.25, -0.2) is 4.79 Å². The van der Waals surface area contributed by atoms with E-state index in [4.69, 9.17) is 14.6 Å². The van der Waals surface area contributed by atoms with Crippen LogP contribution in [-0.4, -0.2) is 60.9 Å². The highest BCUT2D eigenvalue weighted by Gasteiger charge is 2.36. The second kappa shape index (κ2) is 6.16. The highest BCUT2D eigenvalue weighted by atomic mass is 16.5. The smallest absolute Gasteiger partial charge is 0.332 e. The molecule has 6 heteroatoms. The van der Waals surface area contributed by atoms with Crippen molar-refractivity contribution in [3.05, 3.63) is 11.6 Å². The van der Waals surface area contributed by atoms with Gasteiger partial charge in [-0.15, -0.1) is 0 Å². The van der Waals surface area contributed by atoms with Crippen molar-refractivity contribution in [2.45, 2.75) is 31.5 Å². The van der Waals surface area contributed by atoms with Crippen LogP contribution in [0.4, 0.5) is 0 Å². The first-order chi connectivity index (χ1) is 9.11. The van der Waals surface area contributed by atoms with Crippen LogP contribution in [0.1, 0.15) is 19.3 Å². The molecule has 2 aliphatic rings. The molecule has 1 N–H and O–H groups in total. The van der Waals surface area contributed by atoms with Gasteiger partial charge in [-0.3, -0.25) is 4.79 Å². The molecule has 0 aromatic heterocycles. The van der Waals surface area contributed by atoms with Crippen LogP contribution in [0.3, 0.4) is 0 Å². The number of methoxy groups -OCH3 is 1. The maximum atomic E-state index is 12.2. The van der Waals surface area contributed by atoms with Crippen LogP contribution >= 0.6 is 0 Å². The molecule has 2 unspecified atom stereocenters. The van der Waals surface area contributed by atoms with Gasteiger partial charge >= 0.3 is 5.97 Å². The number of carbonyl (C=O) groups excluding carboxylic acids is 1. The molecule has 2 atom stereocenters. The maximum Gasteiger partial charge on any atom is 0.332 e. The lowest BCUT2D eigenvalue weighted by atomic mass is 10.1. The Kier molecular flexibility index (Phi) is 4.55. The average molecular weight is 269 g/mol. The molecule has 1 fully saturated rings. The fourth-order valence-electron chi connectivity index (χ4n) is 2.43. The van der Waals surface area contributed by atoms with E-state index >= 15 is 0 Å². The van der Waals surface area contributed by atoms with Gasteiger partial charge < -0.3 is 19.5 Å². The molecule has 0 aromatic rings. The van der Waals surface area contributed by atoms with Crippen molar-refractivity contribution in [1.82, 2.24) is 4.90 Å². The molecule has 106 valence electrons. The van der Waals surface area contributed by atoms with E-state index in [2.05, 4.69) is 0 Å². The Morgan fingerprint density at radius 1 is 1.47 bits per heavy atom. The molecular formula is C13H19NO5. The number of aliphatic carboxylic acids is 1. The van der Waals surface area contributed by atoms with Crippen molar-refractivity contribution < 1.29 is 24.2 Å². The first-order valence-electron chi connectivity index (χ1n) is 6.45. The van der Waals surface area contributed by atoms with Crippen molar-refractivity contribution >= 4 is 11.9 Å². The molecule has 0 spiro atoms. The fraction of sp³-hybridized carbons (Fsp3) is 0.692. The Labute approximate surface area is 112 Å². The molecule has 0 saturated carbocycles. The summed E-state index contributed by atoms with van der Waals surface area (Å²) in [6.07, 6.45) is 2.26. The van der Waals surface area contributed by atoms with Gasteiger partial charge in [-0.2, -0.15) is 0 Å². The van der Waals surface area contributed by atoms with E-state index in [0.717, 1.165) is 6.42 Å². The number of carboxylic acid groups (broad SMARTS) is 1. The van der Waals surface area contributed by atoms with Crippen molar-refractivity contribution in [2.24, 2.45) is 0 Å². The molecule has 0 bridgehead atoms. The van der Waals surface area contributed by atoms with Crippen LogP contribution in [0.15, 0.2) is 11.6 Å². The van der Waals surface area contributed by atoms with Gasteiger partial charge in [0.1, 0.15) is 6.10 Å². The summed E-state index contributed by atoms with van der Waals surface area (Å²) in [5.74, 6) is -1.09. The molecule has 6 nitrogen and oxygen atoms in total. The van der Waals surface area contributed by atoms with Crippen LogP contribution in [0, 0.1) is 0 Å². The van der Waals surface area contributed by atoms with Crippen LogP contribution in [0.5, 0.6) is 0 Å². The van der Waals surface area contributed by atoms with Gasteiger partial charge in [0.15, 0.2) is 6.10 Å². The number of nitrogens with zero attached hydrogens (tertiary/aromatic N) is 1.